The number of anilines is 4. The van der Waals surface area contributed by atoms with Crippen molar-refractivity contribution in [3.8, 4) is 22.5 Å². The lowest BCUT2D eigenvalue weighted by Crippen LogP contribution is -2.06. The molecule has 0 radical (unpaired) electrons. The third-order valence-electron chi connectivity index (χ3n) is 7.82. The summed E-state index contributed by atoms with van der Waals surface area (Å²) in [5.74, 6) is 1.57. The molecular weight excluding hydrogens is 533 g/mol. The van der Waals surface area contributed by atoms with Gasteiger partial charge in [0.05, 0.1) is 22.6 Å². The van der Waals surface area contributed by atoms with Gasteiger partial charge in [0.15, 0.2) is 0 Å². The van der Waals surface area contributed by atoms with Crippen LogP contribution >= 0.6 is 9.39 Å². The minimum absolute atomic E-state index is 0.785. The highest BCUT2D eigenvalue weighted by atomic mass is 31.0. The van der Waals surface area contributed by atoms with E-state index in [2.05, 4.69) is 129 Å². The number of hydrogen-bond donors (Lipinski definition) is 2. The van der Waals surface area contributed by atoms with E-state index in [9.17, 15) is 0 Å². The van der Waals surface area contributed by atoms with E-state index in [0.717, 1.165) is 67.7 Å². The summed E-state index contributed by atoms with van der Waals surface area (Å²) in [5, 5.41) is 6.07. The first-order valence-electron chi connectivity index (χ1n) is 13.9. The number of nitrogens with zero attached hydrogens (tertiary/aromatic N) is 3. The molecule has 0 spiro atoms. The summed E-state index contributed by atoms with van der Waals surface area (Å²) in [6, 6.07) is 41.7. The number of benzene rings is 4. The van der Waals surface area contributed by atoms with Gasteiger partial charge < -0.3 is 10.3 Å². The van der Waals surface area contributed by atoms with Crippen LogP contribution in [0.1, 0.15) is 11.1 Å². The molecule has 0 aliphatic carbocycles. The number of H-pyrrole nitrogens is 1. The van der Waals surface area contributed by atoms with Crippen LogP contribution < -0.4 is 9.99 Å². The molecule has 200 valence electrons. The summed E-state index contributed by atoms with van der Waals surface area (Å²) in [5.41, 5.74) is 10.5. The van der Waals surface area contributed by atoms with Crippen LogP contribution in [0.3, 0.4) is 0 Å². The molecule has 1 atom stereocenters. The summed E-state index contributed by atoms with van der Waals surface area (Å²) >= 11 is 0. The van der Waals surface area contributed by atoms with E-state index in [-0.39, 0.29) is 0 Å². The van der Waals surface area contributed by atoms with Crippen molar-refractivity contribution in [2.24, 2.45) is 0 Å². The fraction of sp³-hybridized carbons (Fsp3) is 0. The Bertz CT molecular complexity index is 2160. The van der Waals surface area contributed by atoms with Gasteiger partial charge in [-0.25, -0.2) is 9.97 Å². The molecule has 2 N–H and O–H groups in total. The monoisotopic (exact) mass is 559 g/mol. The molecule has 0 amide bonds. The maximum atomic E-state index is 5.09. The molecule has 6 heteroatoms. The first-order valence-corrected chi connectivity index (χ1v) is 14.4. The Kier molecular flexibility index (Phi) is 5.83. The Labute approximate surface area is 245 Å². The number of pyridine rings is 2. The lowest BCUT2D eigenvalue weighted by molar-refractivity contribution is 1.20. The molecule has 7 aromatic rings. The van der Waals surface area contributed by atoms with Crippen LogP contribution in [0.25, 0.3) is 56.5 Å². The second-order valence-corrected chi connectivity index (χ2v) is 10.9. The predicted octanol–water partition coefficient (Wildman–Crippen LogP) is 9.60. The highest BCUT2D eigenvalue weighted by Crippen LogP contribution is 2.39. The fourth-order valence-electron chi connectivity index (χ4n) is 5.75. The molecule has 0 bridgehead atoms. The van der Waals surface area contributed by atoms with Gasteiger partial charge in [0.2, 0.25) is 0 Å². The predicted molar refractivity (Wildman–Crippen MR) is 179 cm³/mol. The largest absolute Gasteiger partial charge is 0.354 e. The molecule has 1 unspecified atom stereocenters. The Morgan fingerprint density at radius 2 is 1.17 bits per heavy atom. The molecule has 42 heavy (non-hydrogen) atoms. The number of rotatable bonds is 4. The number of hydrogen-bond acceptors (Lipinski definition) is 4. The maximum Gasteiger partial charge on any atom is 0.137 e. The van der Waals surface area contributed by atoms with Gasteiger partial charge in [0.1, 0.15) is 11.6 Å². The Morgan fingerprint density at radius 1 is 0.548 bits per heavy atom. The van der Waals surface area contributed by atoms with Crippen molar-refractivity contribution in [2.45, 2.75) is 0 Å². The zero-order valence-corrected chi connectivity index (χ0v) is 23.8. The highest BCUT2D eigenvalue weighted by molar-refractivity contribution is 7.19. The second kappa shape index (κ2) is 9.99. The molecule has 5 nitrogen and oxygen atoms in total. The van der Waals surface area contributed by atoms with Gasteiger partial charge in [-0.3, -0.25) is 4.67 Å². The number of aromatic amines is 1. The lowest BCUT2D eigenvalue weighted by atomic mass is 10.0. The molecule has 1 aliphatic heterocycles. The first-order chi connectivity index (χ1) is 20.7. The van der Waals surface area contributed by atoms with Crippen LogP contribution in [0.4, 0.5) is 23.0 Å². The molecule has 4 aromatic carbocycles. The number of nitrogens with one attached hydrogen (secondary N) is 2. The molecule has 0 saturated heterocycles. The zero-order valence-electron chi connectivity index (χ0n) is 22.6. The molecule has 3 aromatic heterocycles. The van der Waals surface area contributed by atoms with Crippen LogP contribution in [-0.2, 0) is 0 Å². The third-order valence-corrected chi connectivity index (χ3v) is 8.34. The minimum Gasteiger partial charge on any atom is -0.354 e. The van der Waals surface area contributed by atoms with E-state index < -0.39 is 0 Å². The van der Waals surface area contributed by atoms with Gasteiger partial charge in [0, 0.05) is 33.1 Å². The van der Waals surface area contributed by atoms with E-state index in [0.29, 0.717) is 0 Å². The standard InChI is InChI=1S/C36H26N5P/c42-41(34-20-8-18-32(38-34)28-14-6-12-26-25-11-2-4-16-30(25)40-36(26)28)33-19-7-17-31(37-33)27-13-5-10-24-22-21-23-9-1-3-15-29(23)39-35(24)27/h1-22,39-40H,42H2. The van der Waals surface area contributed by atoms with Gasteiger partial charge in [-0.05, 0) is 56.9 Å². The topological polar surface area (TPSA) is 56.8 Å². The van der Waals surface area contributed by atoms with Gasteiger partial charge in [-0.1, -0.05) is 97.1 Å². The van der Waals surface area contributed by atoms with Crippen molar-refractivity contribution < 1.29 is 0 Å². The summed E-state index contributed by atoms with van der Waals surface area (Å²) in [7, 11) is 2.80. The van der Waals surface area contributed by atoms with E-state index in [1.165, 1.54) is 10.8 Å². The van der Waals surface area contributed by atoms with Crippen molar-refractivity contribution >= 4 is 66.4 Å². The number of para-hydroxylation sites is 4. The Hall–Kier alpha value is -5.25. The van der Waals surface area contributed by atoms with Gasteiger partial charge in [-0.2, -0.15) is 0 Å². The van der Waals surface area contributed by atoms with E-state index in [1.807, 2.05) is 28.9 Å². The number of aromatic nitrogens is 3. The fourth-order valence-corrected chi connectivity index (χ4v) is 6.04. The lowest BCUT2D eigenvalue weighted by Gasteiger charge is -2.19. The molecule has 0 fully saturated rings. The van der Waals surface area contributed by atoms with Crippen LogP contribution in [0.15, 0.2) is 121 Å². The summed E-state index contributed by atoms with van der Waals surface area (Å²) in [6.07, 6.45) is 4.31. The van der Waals surface area contributed by atoms with Crippen LogP contribution in [0, 0.1) is 0 Å². The average molecular weight is 560 g/mol. The normalized spacial score (nSPS) is 12.0. The molecule has 0 saturated carbocycles. The summed E-state index contributed by atoms with van der Waals surface area (Å²) in [6.45, 7) is 0. The summed E-state index contributed by atoms with van der Waals surface area (Å²) in [4.78, 5) is 13.8. The smallest absolute Gasteiger partial charge is 0.137 e. The van der Waals surface area contributed by atoms with Crippen LogP contribution in [0.2, 0.25) is 0 Å². The van der Waals surface area contributed by atoms with Crippen molar-refractivity contribution in [1.29, 1.82) is 0 Å². The second-order valence-electron chi connectivity index (χ2n) is 10.3. The van der Waals surface area contributed by atoms with E-state index in [4.69, 9.17) is 9.97 Å². The number of fused-ring (bicyclic) bond motifs is 5. The molecule has 4 heterocycles. The van der Waals surface area contributed by atoms with Gasteiger partial charge >= 0.3 is 0 Å². The molecular formula is C36H26N5P. The van der Waals surface area contributed by atoms with E-state index in [1.54, 1.807) is 0 Å². The SMILES string of the molecule is PN(c1cccc(-c2cccc3c2Nc2ccccc2C=C3)n1)c1cccc(-c2cccc3c2[nH]c2ccccc23)n1. The Morgan fingerprint density at radius 3 is 2.02 bits per heavy atom. The summed E-state index contributed by atoms with van der Waals surface area (Å²) < 4.78 is 1.96. The Balaban J connectivity index is 1.17. The van der Waals surface area contributed by atoms with Crippen LogP contribution in [-0.4, -0.2) is 15.0 Å². The minimum atomic E-state index is 0.785. The molecule has 8 rings (SSSR count). The van der Waals surface area contributed by atoms with Crippen molar-refractivity contribution in [3.05, 3.63) is 132 Å². The average Bonchev–Trinajstić information content (AvgIpc) is 3.32. The maximum absolute atomic E-state index is 5.09. The van der Waals surface area contributed by atoms with Gasteiger partial charge in [0.25, 0.3) is 0 Å². The van der Waals surface area contributed by atoms with Crippen LogP contribution in [0.5, 0.6) is 0 Å². The van der Waals surface area contributed by atoms with Crippen molar-refractivity contribution in [3.63, 3.8) is 0 Å². The quantitative estimate of drug-likeness (QED) is 0.211. The molecule has 1 aliphatic rings. The zero-order chi connectivity index (χ0) is 28.0. The van der Waals surface area contributed by atoms with Crippen molar-refractivity contribution in [1.82, 2.24) is 15.0 Å². The van der Waals surface area contributed by atoms with E-state index >= 15 is 0 Å². The highest BCUT2D eigenvalue weighted by Gasteiger charge is 2.17. The van der Waals surface area contributed by atoms with Gasteiger partial charge in [-0.15, -0.1) is 0 Å². The third kappa shape index (κ3) is 4.14. The first kappa shape index (κ1) is 24.5. The van der Waals surface area contributed by atoms with Crippen molar-refractivity contribution in [2.75, 3.05) is 9.99 Å².